The Morgan fingerprint density at radius 2 is 1.56 bits per heavy atom. The Kier molecular flexibility index (Phi) is 3.37. The van der Waals surface area contributed by atoms with Crippen LogP contribution in [0.15, 0.2) is 59.5 Å². The van der Waals surface area contributed by atoms with Crippen LogP contribution >= 0.6 is 0 Å². The molecule has 0 aliphatic carbocycles. The number of rotatable bonds is 3. The van der Waals surface area contributed by atoms with Crippen molar-refractivity contribution < 1.29 is 4.21 Å². The molecule has 2 aromatic carbocycles. The molecule has 0 aliphatic heterocycles. The van der Waals surface area contributed by atoms with Crippen molar-refractivity contribution in [2.24, 2.45) is 0 Å². The molecule has 2 nitrogen and oxygen atoms in total. The maximum absolute atomic E-state index is 12.0. The number of nitrogens with two attached hydrogens (primary N) is 1. The van der Waals surface area contributed by atoms with Crippen molar-refractivity contribution in [3.63, 3.8) is 0 Å². The van der Waals surface area contributed by atoms with Crippen molar-refractivity contribution in [2.75, 3.05) is 5.73 Å². The summed E-state index contributed by atoms with van der Waals surface area (Å²) in [4.78, 5) is 0.818. The van der Waals surface area contributed by atoms with Crippen molar-refractivity contribution in [1.29, 1.82) is 0 Å². The van der Waals surface area contributed by atoms with Gasteiger partial charge < -0.3 is 5.73 Å². The summed E-state index contributed by atoms with van der Waals surface area (Å²) in [5, 5.41) is 0. The summed E-state index contributed by atoms with van der Waals surface area (Å²) in [6.07, 6.45) is 0. The molecule has 1 atom stereocenters. The summed E-state index contributed by atoms with van der Waals surface area (Å²) < 4.78 is 12.0. The highest BCUT2D eigenvalue weighted by atomic mass is 32.2. The van der Waals surface area contributed by atoms with Crippen LogP contribution in [0.5, 0.6) is 0 Å². The van der Waals surface area contributed by atoms with E-state index in [-0.39, 0.29) is 0 Å². The highest BCUT2D eigenvalue weighted by molar-refractivity contribution is 7.84. The van der Waals surface area contributed by atoms with E-state index >= 15 is 0 Å². The molecule has 3 heteroatoms. The number of benzene rings is 2. The van der Waals surface area contributed by atoms with Gasteiger partial charge in [0, 0.05) is 10.6 Å². The monoisotopic (exact) mass is 231 g/mol. The van der Waals surface area contributed by atoms with Gasteiger partial charge in [-0.25, -0.2) is 0 Å². The molecule has 2 aromatic rings. The van der Waals surface area contributed by atoms with Gasteiger partial charge in [-0.05, 0) is 29.8 Å². The zero-order valence-electron chi connectivity index (χ0n) is 8.80. The fourth-order valence-electron chi connectivity index (χ4n) is 1.43. The standard InChI is InChI=1S/C13H13NOS/c14-12-6-8-13(9-7-12)16(15)10-11-4-2-1-3-5-11/h1-9H,10,14H2. The number of hydrogen-bond donors (Lipinski definition) is 1. The van der Waals surface area contributed by atoms with E-state index < -0.39 is 10.8 Å². The van der Waals surface area contributed by atoms with Crippen LogP contribution in [0.1, 0.15) is 5.56 Å². The maximum atomic E-state index is 12.0. The van der Waals surface area contributed by atoms with Gasteiger partial charge in [-0.15, -0.1) is 0 Å². The quantitative estimate of drug-likeness (QED) is 0.825. The summed E-state index contributed by atoms with van der Waals surface area (Å²) >= 11 is 0. The minimum atomic E-state index is -0.998. The van der Waals surface area contributed by atoms with Crippen molar-refractivity contribution in [1.82, 2.24) is 0 Å². The second kappa shape index (κ2) is 4.94. The highest BCUT2D eigenvalue weighted by Gasteiger charge is 2.04. The fourth-order valence-corrected chi connectivity index (χ4v) is 2.53. The molecule has 16 heavy (non-hydrogen) atoms. The van der Waals surface area contributed by atoms with E-state index in [1.165, 1.54) is 0 Å². The van der Waals surface area contributed by atoms with Gasteiger partial charge in [-0.3, -0.25) is 4.21 Å². The summed E-state index contributed by atoms with van der Waals surface area (Å²) in [7, 11) is -0.998. The van der Waals surface area contributed by atoms with E-state index in [1.807, 2.05) is 42.5 Å². The number of nitrogen functional groups attached to an aromatic ring is 1. The van der Waals surface area contributed by atoms with Gasteiger partial charge in [0.1, 0.15) is 0 Å². The molecule has 0 saturated heterocycles. The first-order valence-electron chi connectivity index (χ1n) is 5.03. The normalized spacial score (nSPS) is 12.2. The molecule has 0 spiro atoms. The predicted octanol–water partition coefficient (Wildman–Crippen LogP) is 2.58. The van der Waals surface area contributed by atoms with E-state index in [1.54, 1.807) is 12.1 Å². The smallest absolute Gasteiger partial charge is 0.0574 e. The van der Waals surface area contributed by atoms with Crippen molar-refractivity contribution in [2.45, 2.75) is 10.6 Å². The minimum Gasteiger partial charge on any atom is -0.399 e. The topological polar surface area (TPSA) is 43.1 Å². The minimum absolute atomic E-state index is 0.546. The lowest BCUT2D eigenvalue weighted by Gasteiger charge is -2.02. The number of anilines is 1. The van der Waals surface area contributed by atoms with Crippen LogP contribution in [0.25, 0.3) is 0 Å². The molecule has 1 unspecified atom stereocenters. The van der Waals surface area contributed by atoms with E-state index in [4.69, 9.17) is 5.73 Å². The van der Waals surface area contributed by atoms with Gasteiger partial charge >= 0.3 is 0 Å². The third kappa shape index (κ3) is 2.70. The van der Waals surface area contributed by atoms with Crippen LogP contribution in [-0.2, 0) is 16.6 Å². The molecule has 0 amide bonds. The maximum Gasteiger partial charge on any atom is 0.0574 e. The Morgan fingerprint density at radius 1 is 0.938 bits per heavy atom. The van der Waals surface area contributed by atoms with E-state index in [2.05, 4.69) is 0 Å². The summed E-state index contributed by atoms with van der Waals surface area (Å²) in [5.74, 6) is 0.546. The second-order valence-corrected chi connectivity index (χ2v) is 5.00. The molecule has 0 aromatic heterocycles. The van der Waals surface area contributed by atoms with E-state index in [0.29, 0.717) is 11.4 Å². The van der Waals surface area contributed by atoms with Gasteiger partial charge in [0.05, 0.1) is 16.6 Å². The third-order valence-corrected chi connectivity index (χ3v) is 3.68. The SMILES string of the molecule is Nc1ccc(S(=O)Cc2ccccc2)cc1. The molecule has 0 fully saturated rings. The summed E-state index contributed by atoms with van der Waals surface area (Å²) in [5.41, 5.74) is 7.36. The van der Waals surface area contributed by atoms with Crippen LogP contribution in [0, 0.1) is 0 Å². The highest BCUT2D eigenvalue weighted by Crippen LogP contribution is 2.13. The molecular formula is C13H13NOS. The predicted molar refractivity (Wildman–Crippen MR) is 67.4 cm³/mol. The van der Waals surface area contributed by atoms with E-state index in [0.717, 1.165) is 10.5 Å². The molecule has 2 rings (SSSR count). The van der Waals surface area contributed by atoms with Crippen LogP contribution in [-0.4, -0.2) is 4.21 Å². The van der Waals surface area contributed by atoms with Crippen LogP contribution in [0.2, 0.25) is 0 Å². The van der Waals surface area contributed by atoms with Gasteiger partial charge in [0.25, 0.3) is 0 Å². The Hall–Kier alpha value is -1.61. The van der Waals surface area contributed by atoms with E-state index in [9.17, 15) is 4.21 Å². The molecule has 0 bridgehead atoms. The Labute approximate surface area is 97.6 Å². The summed E-state index contributed by atoms with van der Waals surface area (Å²) in [6, 6.07) is 17.0. The second-order valence-electron chi connectivity index (χ2n) is 3.54. The van der Waals surface area contributed by atoms with Gasteiger partial charge in [-0.1, -0.05) is 30.3 Å². The molecule has 0 radical (unpaired) electrons. The largest absolute Gasteiger partial charge is 0.399 e. The first kappa shape index (κ1) is 10.9. The molecule has 82 valence electrons. The van der Waals surface area contributed by atoms with Crippen molar-refractivity contribution in [3.05, 3.63) is 60.2 Å². The Balaban J connectivity index is 2.12. The fraction of sp³-hybridized carbons (Fsp3) is 0.0769. The van der Waals surface area contributed by atoms with Crippen LogP contribution in [0.4, 0.5) is 5.69 Å². The van der Waals surface area contributed by atoms with Crippen molar-refractivity contribution >= 4 is 16.5 Å². The van der Waals surface area contributed by atoms with Gasteiger partial charge in [0.2, 0.25) is 0 Å². The lowest BCUT2D eigenvalue weighted by Crippen LogP contribution is -1.96. The first-order valence-corrected chi connectivity index (χ1v) is 6.35. The molecular weight excluding hydrogens is 218 g/mol. The Morgan fingerprint density at radius 3 is 2.19 bits per heavy atom. The lowest BCUT2D eigenvalue weighted by atomic mass is 10.2. The van der Waals surface area contributed by atoms with Crippen LogP contribution < -0.4 is 5.73 Å². The average molecular weight is 231 g/mol. The average Bonchev–Trinajstić information content (AvgIpc) is 2.31. The molecule has 0 aliphatic rings. The molecule has 0 heterocycles. The van der Waals surface area contributed by atoms with Gasteiger partial charge in [-0.2, -0.15) is 0 Å². The molecule has 0 saturated carbocycles. The van der Waals surface area contributed by atoms with Crippen LogP contribution in [0.3, 0.4) is 0 Å². The van der Waals surface area contributed by atoms with Crippen molar-refractivity contribution in [3.8, 4) is 0 Å². The Bertz CT molecular complexity index is 479. The van der Waals surface area contributed by atoms with Gasteiger partial charge in [0.15, 0.2) is 0 Å². The third-order valence-electron chi connectivity index (χ3n) is 2.28. The molecule has 2 N–H and O–H groups in total. The lowest BCUT2D eigenvalue weighted by molar-refractivity contribution is 0.682. The summed E-state index contributed by atoms with van der Waals surface area (Å²) in [6.45, 7) is 0. The zero-order valence-corrected chi connectivity index (χ0v) is 9.61. The first-order chi connectivity index (χ1) is 7.75. The zero-order chi connectivity index (χ0) is 11.4. The number of hydrogen-bond acceptors (Lipinski definition) is 2.